The van der Waals surface area contributed by atoms with Gasteiger partial charge in [-0.3, -0.25) is 9.69 Å². The number of ether oxygens (including phenoxy) is 3. The Balaban J connectivity index is 2.92. The minimum atomic E-state index is -0.723. The molecule has 1 heterocycles. The van der Waals surface area contributed by atoms with Crippen molar-refractivity contribution in [3.05, 3.63) is 0 Å². The highest BCUT2D eigenvalue weighted by Gasteiger charge is 2.44. The second-order valence-electron chi connectivity index (χ2n) is 5.94. The van der Waals surface area contributed by atoms with Gasteiger partial charge in [0.25, 0.3) is 0 Å². The van der Waals surface area contributed by atoms with E-state index in [1.54, 1.807) is 20.8 Å². The van der Waals surface area contributed by atoms with Crippen molar-refractivity contribution in [3.63, 3.8) is 0 Å². The molecule has 0 aromatic heterocycles. The van der Waals surface area contributed by atoms with E-state index in [1.165, 1.54) is 19.1 Å². The van der Waals surface area contributed by atoms with Gasteiger partial charge in [-0.25, -0.2) is 9.59 Å². The third kappa shape index (κ3) is 4.61. The third-order valence-electron chi connectivity index (χ3n) is 3.21. The summed E-state index contributed by atoms with van der Waals surface area (Å²) in [5, 5.41) is 0. The number of rotatable bonds is 3. The summed E-state index contributed by atoms with van der Waals surface area (Å²) in [4.78, 5) is 36.9. The number of hydrogen-bond acceptors (Lipinski definition) is 6. The van der Waals surface area contributed by atoms with Gasteiger partial charge in [0.1, 0.15) is 11.6 Å². The van der Waals surface area contributed by atoms with Crippen molar-refractivity contribution >= 4 is 18.0 Å². The molecule has 2 atom stereocenters. The molecule has 0 aliphatic carbocycles. The number of nitrogens with zero attached hydrogens (tertiary/aromatic N) is 1. The maximum absolute atomic E-state index is 12.3. The molecule has 0 aromatic carbocycles. The first-order valence-electron chi connectivity index (χ1n) is 6.85. The largest absolute Gasteiger partial charge is 0.469 e. The molecule has 1 amide bonds. The van der Waals surface area contributed by atoms with Crippen LogP contribution in [0.25, 0.3) is 0 Å². The van der Waals surface area contributed by atoms with Crippen LogP contribution < -0.4 is 0 Å². The number of likely N-dealkylation sites (tertiary alicyclic amines) is 1. The van der Waals surface area contributed by atoms with E-state index in [0.29, 0.717) is 12.8 Å². The van der Waals surface area contributed by atoms with Crippen molar-refractivity contribution in [1.82, 2.24) is 4.90 Å². The van der Waals surface area contributed by atoms with E-state index in [9.17, 15) is 14.4 Å². The second kappa shape index (κ2) is 6.78. The fraction of sp³-hybridized carbons (Fsp3) is 0.786. The number of methoxy groups -OCH3 is 2. The van der Waals surface area contributed by atoms with E-state index >= 15 is 0 Å². The van der Waals surface area contributed by atoms with E-state index in [-0.39, 0.29) is 6.42 Å². The molecule has 1 aliphatic heterocycles. The quantitative estimate of drug-likeness (QED) is 0.580. The lowest BCUT2D eigenvalue weighted by molar-refractivity contribution is -0.148. The molecule has 0 spiro atoms. The van der Waals surface area contributed by atoms with Gasteiger partial charge < -0.3 is 14.2 Å². The predicted molar refractivity (Wildman–Crippen MR) is 73.5 cm³/mol. The molecule has 0 radical (unpaired) electrons. The first-order chi connectivity index (χ1) is 9.69. The van der Waals surface area contributed by atoms with Gasteiger partial charge in [0.05, 0.1) is 20.6 Å². The molecule has 1 saturated heterocycles. The van der Waals surface area contributed by atoms with Gasteiger partial charge in [-0.2, -0.15) is 0 Å². The molecule has 7 heteroatoms. The molecule has 21 heavy (non-hydrogen) atoms. The third-order valence-corrected chi connectivity index (χ3v) is 3.21. The summed E-state index contributed by atoms with van der Waals surface area (Å²) in [5.41, 5.74) is -0.684. The van der Waals surface area contributed by atoms with Crippen LogP contribution in [0.2, 0.25) is 0 Å². The average Bonchev–Trinajstić information content (AvgIpc) is 2.79. The SMILES string of the molecule is COC(=O)C[C@@H]1CC[C@H](C(=O)OC)N1C(=O)OC(C)(C)C. The Morgan fingerprint density at radius 1 is 1.10 bits per heavy atom. The Bertz CT molecular complexity index is 414. The van der Waals surface area contributed by atoms with Crippen molar-refractivity contribution in [1.29, 1.82) is 0 Å². The highest BCUT2D eigenvalue weighted by Crippen LogP contribution is 2.29. The summed E-state index contributed by atoms with van der Waals surface area (Å²) in [6.07, 6.45) is 0.370. The van der Waals surface area contributed by atoms with Crippen LogP contribution in [0, 0.1) is 0 Å². The van der Waals surface area contributed by atoms with Crippen LogP contribution in [0.15, 0.2) is 0 Å². The minimum Gasteiger partial charge on any atom is -0.469 e. The van der Waals surface area contributed by atoms with Crippen LogP contribution in [-0.4, -0.2) is 54.8 Å². The molecule has 0 unspecified atom stereocenters. The fourth-order valence-electron chi connectivity index (χ4n) is 2.32. The maximum Gasteiger partial charge on any atom is 0.411 e. The molecule has 1 rings (SSSR count). The lowest BCUT2D eigenvalue weighted by Crippen LogP contribution is -2.48. The zero-order chi connectivity index (χ0) is 16.2. The maximum atomic E-state index is 12.3. The van der Waals surface area contributed by atoms with E-state index in [2.05, 4.69) is 4.74 Å². The minimum absolute atomic E-state index is 0.0310. The Morgan fingerprint density at radius 2 is 1.71 bits per heavy atom. The average molecular weight is 301 g/mol. The number of hydrogen-bond donors (Lipinski definition) is 0. The van der Waals surface area contributed by atoms with E-state index in [0.717, 1.165) is 0 Å². The summed E-state index contributed by atoms with van der Waals surface area (Å²) >= 11 is 0. The Kier molecular flexibility index (Phi) is 5.57. The van der Waals surface area contributed by atoms with Crippen LogP contribution in [0.4, 0.5) is 4.79 Å². The van der Waals surface area contributed by atoms with E-state index in [4.69, 9.17) is 9.47 Å². The monoisotopic (exact) mass is 301 g/mol. The normalized spacial score (nSPS) is 21.9. The molecule has 0 saturated carbocycles. The predicted octanol–water partition coefficient (Wildman–Crippen LogP) is 1.49. The molecule has 120 valence electrons. The lowest BCUT2D eigenvalue weighted by Gasteiger charge is -2.31. The van der Waals surface area contributed by atoms with Crippen molar-refractivity contribution in [2.24, 2.45) is 0 Å². The zero-order valence-corrected chi connectivity index (χ0v) is 13.2. The van der Waals surface area contributed by atoms with Crippen molar-refractivity contribution in [3.8, 4) is 0 Å². The number of amides is 1. The Hall–Kier alpha value is -1.79. The van der Waals surface area contributed by atoms with Crippen LogP contribution in [0.5, 0.6) is 0 Å². The van der Waals surface area contributed by atoms with Crippen LogP contribution in [-0.2, 0) is 23.8 Å². The zero-order valence-electron chi connectivity index (χ0n) is 13.2. The van der Waals surface area contributed by atoms with Gasteiger partial charge in [-0.15, -0.1) is 0 Å². The van der Waals surface area contributed by atoms with E-state index < -0.39 is 35.7 Å². The second-order valence-corrected chi connectivity index (χ2v) is 5.94. The molecule has 7 nitrogen and oxygen atoms in total. The first kappa shape index (κ1) is 17.3. The molecular weight excluding hydrogens is 278 g/mol. The molecule has 0 bridgehead atoms. The van der Waals surface area contributed by atoms with Gasteiger partial charge in [-0.05, 0) is 33.6 Å². The number of esters is 2. The van der Waals surface area contributed by atoms with Crippen molar-refractivity contribution in [2.75, 3.05) is 14.2 Å². The Labute approximate surface area is 124 Å². The van der Waals surface area contributed by atoms with Crippen LogP contribution in [0.3, 0.4) is 0 Å². The first-order valence-corrected chi connectivity index (χ1v) is 6.85. The lowest BCUT2D eigenvalue weighted by atomic mass is 10.1. The van der Waals surface area contributed by atoms with Crippen LogP contribution >= 0.6 is 0 Å². The molecule has 0 aromatic rings. The molecular formula is C14H23NO6. The van der Waals surface area contributed by atoms with Crippen molar-refractivity contribution < 1.29 is 28.6 Å². The van der Waals surface area contributed by atoms with Gasteiger partial charge in [-0.1, -0.05) is 0 Å². The summed E-state index contributed by atoms with van der Waals surface area (Å²) in [6.45, 7) is 5.22. The summed E-state index contributed by atoms with van der Waals surface area (Å²) < 4.78 is 14.7. The summed E-state index contributed by atoms with van der Waals surface area (Å²) in [5.74, 6) is -0.938. The van der Waals surface area contributed by atoms with Crippen LogP contribution in [0.1, 0.15) is 40.0 Å². The van der Waals surface area contributed by atoms with Gasteiger partial charge in [0, 0.05) is 6.04 Å². The van der Waals surface area contributed by atoms with Crippen molar-refractivity contribution in [2.45, 2.75) is 57.7 Å². The van der Waals surface area contributed by atoms with Gasteiger partial charge in [0.2, 0.25) is 0 Å². The molecule has 1 aliphatic rings. The smallest absolute Gasteiger partial charge is 0.411 e. The van der Waals surface area contributed by atoms with Gasteiger partial charge >= 0.3 is 18.0 Å². The van der Waals surface area contributed by atoms with Gasteiger partial charge in [0.15, 0.2) is 0 Å². The Morgan fingerprint density at radius 3 is 2.19 bits per heavy atom. The topological polar surface area (TPSA) is 82.1 Å². The summed E-state index contributed by atoms with van der Waals surface area (Å²) in [6, 6.07) is -1.14. The standard InChI is InChI=1S/C14H23NO6/c1-14(2,3)21-13(18)15-9(8-11(16)19-4)6-7-10(15)12(17)20-5/h9-10H,6-8H2,1-5H3/t9-,10+/m0/s1. The molecule has 1 fully saturated rings. The highest BCUT2D eigenvalue weighted by atomic mass is 16.6. The molecule has 0 N–H and O–H groups in total. The summed E-state index contributed by atoms with van der Waals surface area (Å²) in [7, 11) is 2.55. The fourth-order valence-corrected chi connectivity index (χ4v) is 2.32. The number of carbonyl (C=O) groups excluding carboxylic acids is 3. The highest BCUT2D eigenvalue weighted by molar-refractivity contribution is 5.83. The van der Waals surface area contributed by atoms with E-state index in [1.807, 2.05) is 0 Å². The number of carbonyl (C=O) groups is 3.